The first-order chi connectivity index (χ1) is 10.3. The Hall–Kier alpha value is -1.44. The SMILES string of the molecule is CNCc1cc(F)ccc1PC(C)(C)c1cccc(C)c1O. The fraction of sp³-hybridized carbons (Fsp3) is 0.333. The number of hydrogen-bond donors (Lipinski definition) is 2. The van der Waals surface area contributed by atoms with Crippen molar-refractivity contribution in [3.05, 3.63) is 58.9 Å². The summed E-state index contributed by atoms with van der Waals surface area (Å²) in [5.41, 5.74) is 2.79. The molecule has 0 saturated carbocycles. The molecule has 0 aliphatic carbocycles. The van der Waals surface area contributed by atoms with Gasteiger partial charge in [0.1, 0.15) is 11.6 Å². The summed E-state index contributed by atoms with van der Waals surface area (Å²) < 4.78 is 13.5. The van der Waals surface area contributed by atoms with E-state index >= 15 is 0 Å². The third kappa shape index (κ3) is 3.66. The maximum atomic E-state index is 13.5. The van der Waals surface area contributed by atoms with Crippen molar-refractivity contribution in [3.63, 3.8) is 0 Å². The summed E-state index contributed by atoms with van der Waals surface area (Å²) in [4.78, 5) is 0. The van der Waals surface area contributed by atoms with E-state index in [2.05, 4.69) is 19.2 Å². The Balaban J connectivity index is 2.38. The Morgan fingerprint density at radius 1 is 1.23 bits per heavy atom. The number of phenolic OH excluding ortho intramolecular Hbond substituents is 1. The fourth-order valence-corrected chi connectivity index (χ4v) is 4.09. The maximum Gasteiger partial charge on any atom is 0.123 e. The molecule has 2 nitrogen and oxygen atoms in total. The molecular formula is C18H23FNOP. The highest BCUT2D eigenvalue weighted by Crippen LogP contribution is 2.45. The molecule has 0 fully saturated rings. The average molecular weight is 319 g/mol. The maximum absolute atomic E-state index is 13.5. The Labute approximate surface area is 133 Å². The molecule has 0 saturated heterocycles. The normalized spacial score (nSPS) is 12.2. The largest absolute Gasteiger partial charge is 0.507 e. The molecule has 0 bridgehead atoms. The molecule has 0 amide bonds. The summed E-state index contributed by atoms with van der Waals surface area (Å²) in [5, 5.41) is 14.4. The minimum absolute atomic E-state index is 0.212. The van der Waals surface area contributed by atoms with Crippen LogP contribution in [-0.2, 0) is 11.7 Å². The van der Waals surface area contributed by atoms with Crippen LogP contribution in [0.3, 0.4) is 0 Å². The molecule has 2 aromatic carbocycles. The summed E-state index contributed by atoms with van der Waals surface area (Å²) in [6.07, 6.45) is 0. The number of phenols is 1. The minimum Gasteiger partial charge on any atom is -0.507 e. The van der Waals surface area contributed by atoms with Crippen molar-refractivity contribution < 1.29 is 9.50 Å². The van der Waals surface area contributed by atoms with Gasteiger partial charge in [0.25, 0.3) is 0 Å². The number of halogens is 1. The van der Waals surface area contributed by atoms with Gasteiger partial charge in [-0.2, -0.15) is 0 Å². The highest BCUT2D eigenvalue weighted by atomic mass is 31.1. The van der Waals surface area contributed by atoms with Gasteiger partial charge in [0.15, 0.2) is 0 Å². The second kappa shape index (κ2) is 6.76. The van der Waals surface area contributed by atoms with E-state index in [1.54, 1.807) is 6.07 Å². The smallest absolute Gasteiger partial charge is 0.123 e. The number of hydrogen-bond acceptors (Lipinski definition) is 2. The van der Waals surface area contributed by atoms with Crippen molar-refractivity contribution in [2.45, 2.75) is 32.5 Å². The number of para-hydroxylation sites is 1. The Kier molecular flexibility index (Phi) is 5.20. The topological polar surface area (TPSA) is 32.3 Å². The van der Waals surface area contributed by atoms with Crippen LogP contribution in [0, 0.1) is 12.7 Å². The van der Waals surface area contributed by atoms with Gasteiger partial charge in [-0.25, -0.2) is 4.39 Å². The predicted octanol–water partition coefficient (Wildman–Crippen LogP) is 3.80. The fourth-order valence-electron chi connectivity index (χ4n) is 2.59. The lowest BCUT2D eigenvalue weighted by atomic mass is 9.99. The first kappa shape index (κ1) is 16.9. The van der Waals surface area contributed by atoms with Crippen molar-refractivity contribution in [1.29, 1.82) is 0 Å². The van der Waals surface area contributed by atoms with Crippen molar-refractivity contribution >= 4 is 13.9 Å². The summed E-state index contributed by atoms with van der Waals surface area (Å²) in [6, 6.07) is 10.8. The number of rotatable bonds is 5. The minimum atomic E-state index is -0.213. The van der Waals surface area contributed by atoms with Gasteiger partial charge < -0.3 is 10.4 Å². The summed E-state index contributed by atoms with van der Waals surface area (Å²) in [6.45, 7) is 6.78. The van der Waals surface area contributed by atoms with Gasteiger partial charge in [0.2, 0.25) is 0 Å². The van der Waals surface area contributed by atoms with Crippen LogP contribution in [0.2, 0.25) is 0 Å². The highest BCUT2D eigenvalue weighted by molar-refractivity contribution is 7.48. The van der Waals surface area contributed by atoms with Gasteiger partial charge in [-0.05, 0) is 42.5 Å². The molecule has 1 atom stereocenters. The van der Waals surface area contributed by atoms with Crippen LogP contribution in [0.4, 0.5) is 4.39 Å². The molecule has 1 unspecified atom stereocenters. The van der Waals surface area contributed by atoms with Crippen LogP contribution in [-0.4, -0.2) is 12.2 Å². The lowest BCUT2D eigenvalue weighted by molar-refractivity contribution is 0.457. The van der Waals surface area contributed by atoms with E-state index in [0.717, 1.165) is 22.0 Å². The second-order valence-corrected chi connectivity index (χ2v) is 8.09. The van der Waals surface area contributed by atoms with E-state index < -0.39 is 0 Å². The molecule has 22 heavy (non-hydrogen) atoms. The van der Waals surface area contributed by atoms with E-state index in [-0.39, 0.29) is 11.0 Å². The second-order valence-electron chi connectivity index (χ2n) is 6.05. The van der Waals surface area contributed by atoms with Crippen molar-refractivity contribution in [2.24, 2.45) is 0 Å². The van der Waals surface area contributed by atoms with Crippen molar-refractivity contribution in [2.75, 3.05) is 7.05 Å². The third-order valence-electron chi connectivity index (χ3n) is 3.79. The Morgan fingerprint density at radius 2 is 1.95 bits per heavy atom. The zero-order valence-corrected chi connectivity index (χ0v) is 14.5. The van der Waals surface area contributed by atoms with Crippen LogP contribution >= 0.6 is 8.58 Å². The molecule has 0 aliphatic rings. The Morgan fingerprint density at radius 3 is 2.64 bits per heavy atom. The van der Waals surface area contributed by atoms with E-state index in [1.165, 1.54) is 6.07 Å². The lowest BCUT2D eigenvalue weighted by Gasteiger charge is -2.28. The van der Waals surface area contributed by atoms with Crippen LogP contribution in [0.1, 0.15) is 30.5 Å². The average Bonchev–Trinajstić information content (AvgIpc) is 2.45. The molecule has 0 radical (unpaired) electrons. The lowest BCUT2D eigenvalue weighted by Crippen LogP contribution is -2.20. The molecule has 118 valence electrons. The van der Waals surface area contributed by atoms with E-state index in [1.807, 2.05) is 38.2 Å². The van der Waals surface area contributed by atoms with Crippen LogP contribution in [0.15, 0.2) is 36.4 Å². The first-order valence-corrected chi connectivity index (χ1v) is 8.35. The van der Waals surface area contributed by atoms with Gasteiger partial charge in [0, 0.05) is 17.3 Å². The van der Waals surface area contributed by atoms with Gasteiger partial charge in [-0.3, -0.25) is 0 Å². The van der Waals surface area contributed by atoms with Crippen LogP contribution < -0.4 is 10.6 Å². The molecule has 0 aliphatic heterocycles. The van der Waals surface area contributed by atoms with E-state index in [9.17, 15) is 9.50 Å². The van der Waals surface area contributed by atoms with E-state index in [0.29, 0.717) is 20.9 Å². The molecular weight excluding hydrogens is 296 g/mol. The molecule has 4 heteroatoms. The van der Waals surface area contributed by atoms with Gasteiger partial charge in [-0.15, -0.1) is 0 Å². The van der Waals surface area contributed by atoms with Gasteiger partial charge >= 0.3 is 0 Å². The van der Waals surface area contributed by atoms with E-state index in [4.69, 9.17) is 0 Å². The zero-order chi connectivity index (χ0) is 16.3. The number of benzene rings is 2. The zero-order valence-electron chi connectivity index (χ0n) is 13.5. The molecule has 0 spiro atoms. The third-order valence-corrected chi connectivity index (χ3v) is 5.44. The standard InChI is InChI=1S/C18H23FNOP/c1-12-6-5-7-15(17(12)21)18(2,3)22-16-9-8-14(19)10-13(16)11-20-4/h5-10,20-22H,11H2,1-4H3. The summed E-state index contributed by atoms with van der Waals surface area (Å²) >= 11 is 0. The highest BCUT2D eigenvalue weighted by Gasteiger charge is 2.26. The van der Waals surface area contributed by atoms with Crippen LogP contribution in [0.5, 0.6) is 5.75 Å². The molecule has 2 aromatic rings. The summed E-state index contributed by atoms with van der Waals surface area (Å²) in [5.74, 6) is 0.146. The molecule has 2 N–H and O–H groups in total. The number of nitrogens with one attached hydrogen (secondary N) is 1. The first-order valence-electron chi connectivity index (χ1n) is 7.35. The van der Waals surface area contributed by atoms with Crippen molar-refractivity contribution in [1.82, 2.24) is 5.32 Å². The van der Waals surface area contributed by atoms with Crippen LogP contribution in [0.25, 0.3) is 0 Å². The quantitative estimate of drug-likeness (QED) is 0.822. The predicted molar refractivity (Wildman–Crippen MR) is 93.0 cm³/mol. The molecule has 2 rings (SSSR count). The van der Waals surface area contributed by atoms with Gasteiger partial charge in [-0.1, -0.05) is 46.7 Å². The molecule has 0 heterocycles. The molecule has 0 aromatic heterocycles. The monoisotopic (exact) mass is 319 g/mol. The van der Waals surface area contributed by atoms with Crippen molar-refractivity contribution in [3.8, 4) is 5.75 Å². The number of aryl methyl sites for hydroxylation is 1. The number of aromatic hydroxyl groups is 1. The van der Waals surface area contributed by atoms with Gasteiger partial charge in [0.05, 0.1) is 0 Å². The summed E-state index contributed by atoms with van der Waals surface area (Å²) in [7, 11) is 2.30. The Bertz CT molecular complexity index is 670.